The van der Waals surface area contributed by atoms with Crippen LogP contribution >= 0.6 is 11.8 Å². The molecule has 0 bridgehead atoms. The number of nitrogens with zero attached hydrogens (tertiary/aromatic N) is 2. The predicted octanol–water partition coefficient (Wildman–Crippen LogP) is 6.81. The van der Waals surface area contributed by atoms with Crippen molar-refractivity contribution in [2.45, 2.75) is 16.6 Å². The van der Waals surface area contributed by atoms with Gasteiger partial charge in [-0.05, 0) is 66.2 Å². The highest BCUT2D eigenvalue weighted by atomic mass is 32.2. The molecule has 0 saturated carbocycles. The van der Waals surface area contributed by atoms with Gasteiger partial charge in [-0.1, -0.05) is 72.8 Å². The minimum Gasteiger partial charge on any atom is -0.497 e. The Hall–Kier alpha value is -6.66. The summed E-state index contributed by atoms with van der Waals surface area (Å²) in [4.78, 5) is 54.3. The van der Waals surface area contributed by atoms with Crippen molar-refractivity contribution in [2.75, 3.05) is 24.5 Å². The van der Waals surface area contributed by atoms with Gasteiger partial charge in [0.15, 0.2) is 0 Å². The summed E-state index contributed by atoms with van der Waals surface area (Å²) in [6, 6.07) is 39.0. The van der Waals surface area contributed by atoms with Crippen LogP contribution in [0.3, 0.4) is 0 Å². The van der Waals surface area contributed by atoms with E-state index in [1.165, 1.54) is 37.1 Å². The molecular weight excluding hydrogens is 691 g/mol. The van der Waals surface area contributed by atoms with E-state index in [-0.39, 0.29) is 29.8 Å². The van der Waals surface area contributed by atoms with Gasteiger partial charge in [-0.2, -0.15) is 10.1 Å². The van der Waals surface area contributed by atoms with Crippen molar-refractivity contribution in [3.8, 4) is 11.5 Å². The van der Waals surface area contributed by atoms with E-state index in [1.54, 1.807) is 78.9 Å². The van der Waals surface area contributed by atoms with E-state index < -0.39 is 17.1 Å². The Kier molecular flexibility index (Phi) is 11.6. The first-order valence-electron chi connectivity index (χ1n) is 16.5. The Balaban J connectivity index is 1.23. The number of hydrogen-bond donors (Lipinski definition) is 3. The molecule has 11 nitrogen and oxygen atoms in total. The summed E-state index contributed by atoms with van der Waals surface area (Å²) in [5.41, 5.74) is 2.65. The van der Waals surface area contributed by atoms with E-state index in [0.717, 1.165) is 5.56 Å². The highest BCUT2D eigenvalue weighted by Gasteiger charge is 2.30. The first-order valence-corrected chi connectivity index (χ1v) is 17.4. The van der Waals surface area contributed by atoms with Crippen LogP contribution in [0.25, 0.3) is 6.08 Å². The summed E-state index contributed by atoms with van der Waals surface area (Å²) in [6.07, 6.45) is 1.48. The van der Waals surface area contributed by atoms with E-state index in [0.29, 0.717) is 38.9 Å². The van der Waals surface area contributed by atoms with Crippen molar-refractivity contribution in [1.29, 1.82) is 0 Å². The molecule has 4 amide bonds. The van der Waals surface area contributed by atoms with Crippen LogP contribution in [-0.4, -0.2) is 43.7 Å². The number of carbonyl (C=O) groups is 4. The van der Waals surface area contributed by atoms with Crippen molar-refractivity contribution < 1.29 is 28.7 Å². The Labute approximate surface area is 310 Å². The van der Waals surface area contributed by atoms with Crippen LogP contribution in [0, 0.1) is 0 Å². The van der Waals surface area contributed by atoms with E-state index in [1.807, 2.05) is 54.6 Å². The lowest BCUT2D eigenvalue weighted by Crippen LogP contribution is -2.33. The van der Waals surface area contributed by atoms with Crippen molar-refractivity contribution in [3.63, 3.8) is 0 Å². The van der Waals surface area contributed by atoms with Crippen molar-refractivity contribution in [3.05, 3.63) is 156 Å². The number of anilines is 2. The number of methoxy groups -OCH3 is 2. The second kappa shape index (κ2) is 17.0. The van der Waals surface area contributed by atoms with Gasteiger partial charge in [-0.25, -0.2) is 0 Å². The number of hydrazone groups is 1. The van der Waals surface area contributed by atoms with Crippen molar-refractivity contribution in [1.82, 2.24) is 10.6 Å². The number of hydrogen-bond acceptors (Lipinski definition) is 8. The highest BCUT2D eigenvalue weighted by molar-refractivity contribution is 8.00. The maximum Gasteiger partial charge on any atom is 0.272 e. The zero-order chi connectivity index (χ0) is 37.2. The zero-order valence-electron chi connectivity index (χ0n) is 28.8. The van der Waals surface area contributed by atoms with Gasteiger partial charge in [0.05, 0.1) is 26.3 Å². The van der Waals surface area contributed by atoms with Gasteiger partial charge in [0.1, 0.15) is 28.3 Å². The smallest absolute Gasteiger partial charge is 0.272 e. The summed E-state index contributed by atoms with van der Waals surface area (Å²) >= 11 is 1.27. The fourth-order valence-electron chi connectivity index (χ4n) is 5.40. The fourth-order valence-corrected chi connectivity index (χ4v) is 6.48. The molecule has 1 aliphatic heterocycles. The zero-order valence-corrected chi connectivity index (χ0v) is 29.6. The van der Waals surface area contributed by atoms with Crippen LogP contribution in [0.15, 0.2) is 149 Å². The maximum absolute atomic E-state index is 13.8. The molecule has 0 aromatic heterocycles. The molecule has 5 aromatic rings. The van der Waals surface area contributed by atoms with Gasteiger partial charge in [0, 0.05) is 27.8 Å². The standard InChI is InChI=1S/C41H35N5O6S/c1-51-32-22-21-29(35(25-32)52-2)23-34(43-39(48)28-15-8-4-9-16-28)40(49)42-30-17-12-20-33(24-30)53-38(27-13-6-3-7-14-27)41(50)44-36-26-37(47)46(45-36)31-18-10-5-11-19-31/h3-25,38H,26H2,1-2H3,(H,42,49)(H,43,48)(H,44,45,50)/b34-23+. The summed E-state index contributed by atoms with van der Waals surface area (Å²) in [5, 5.41) is 13.4. The molecule has 0 radical (unpaired) electrons. The van der Waals surface area contributed by atoms with Crippen LogP contribution in [0.5, 0.6) is 11.5 Å². The van der Waals surface area contributed by atoms with Gasteiger partial charge in [-0.3, -0.25) is 19.2 Å². The van der Waals surface area contributed by atoms with E-state index >= 15 is 0 Å². The third-order valence-electron chi connectivity index (χ3n) is 8.00. The minimum atomic E-state index is -0.728. The molecule has 53 heavy (non-hydrogen) atoms. The van der Waals surface area contributed by atoms with Crippen LogP contribution < -0.4 is 30.4 Å². The average molecular weight is 726 g/mol. The Bertz CT molecular complexity index is 2180. The summed E-state index contributed by atoms with van der Waals surface area (Å²) < 4.78 is 10.8. The summed E-state index contributed by atoms with van der Waals surface area (Å²) in [6.45, 7) is 0. The van der Waals surface area contributed by atoms with Gasteiger partial charge in [0.25, 0.3) is 17.7 Å². The average Bonchev–Trinajstić information content (AvgIpc) is 3.56. The molecule has 1 aliphatic rings. The van der Waals surface area contributed by atoms with Gasteiger partial charge in [-0.15, -0.1) is 11.8 Å². The number of benzene rings is 5. The second-order valence-electron chi connectivity index (χ2n) is 11.6. The lowest BCUT2D eigenvalue weighted by atomic mass is 10.1. The van der Waals surface area contributed by atoms with Crippen LogP contribution in [-0.2, 0) is 14.4 Å². The van der Waals surface area contributed by atoms with E-state index in [4.69, 9.17) is 9.47 Å². The minimum absolute atomic E-state index is 0.0293. The number of rotatable bonds is 12. The van der Waals surface area contributed by atoms with Crippen LogP contribution in [0.1, 0.15) is 33.2 Å². The van der Waals surface area contributed by atoms with Crippen molar-refractivity contribution >= 4 is 58.7 Å². The summed E-state index contributed by atoms with van der Waals surface area (Å²) in [7, 11) is 3.04. The van der Waals surface area contributed by atoms with Crippen LogP contribution in [0.2, 0.25) is 0 Å². The normalized spacial score (nSPS) is 13.1. The maximum atomic E-state index is 13.8. The fraction of sp³-hybridized carbons (Fsp3) is 0.0976. The molecule has 0 spiro atoms. The lowest BCUT2D eigenvalue weighted by Gasteiger charge is -2.17. The van der Waals surface area contributed by atoms with Gasteiger partial charge >= 0.3 is 0 Å². The molecular formula is C41H35N5O6S. The Morgan fingerprint density at radius 2 is 1.49 bits per heavy atom. The number of amidine groups is 1. The first-order chi connectivity index (χ1) is 25.8. The Morgan fingerprint density at radius 1 is 0.792 bits per heavy atom. The van der Waals surface area contributed by atoms with Crippen LogP contribution in [0.4, 0.5) is 11.4 Å². The summed E-state index contributed by atoms with van der Waals surface area (Å²) in [5.74, 6) is -0.421. The number of para-hydroxylation sites is 1. The number of nitrogens with one attached hydrogen (secondary N) is 3. The number of amides is 4. The molecule has 1 unspecified atom stereocenters. The number of thioether (sulfide) groups is 1. The quantitative estimate of drug-likeness (QED) is 0.0949. The first kappa shape index (κ1) is 36.1. The lowest BCUT2D eigenvalue weighted by molar-refractivity contribution is -0.119. The van der Waals surface area contributed by atoms with Crippen molar-refractivity contribution in [2.24, 2.45) is 5.10 Å². The third kappa shape index (κ3) is 9.18. The molecule has 0 fully saturated rings. The number of carbonyl (C=O) groups excluding carboxylic acids is 4. The predicted molar refractivity (Wildman–Crippen MR) is 206 cm³/mol. The molecule has 0 saturated heterocycles. The number of ether oxygens (including phenoxy) is 2. The molecule has 1 heterocycles. The Morgan fingerprint density at radius 3 is 2.19 bits per heavy atom. The highest BCUT2D eigenvalue weighted by Crippen LogP contribution is 2.37. The molecule has 5 aromatic carbocycles. The van der Waals surface area contributed by atoms with E-state index in [2.05, 4.69) is 21.1 Å². The largest absolute Gasteiger partial charge is 0.497 e. The van der Waals surface area contributed by atoms with Gasteiger partial charge in [0.2, 0.25) is 5.91 Å². The molecule has 266 valence electrons. The molecule has 1 atom stereocenters. The van der Waals surface area contributed by atoms with Gasteiger partial charge < -0.3 is 25.4 Å². The third-order valence-corrected chi connectivity index (χ3v) is 9.25. The topological polar surface area (TPSA) is 138 Å². The second-order valence-corrected chi connectivity index (χ2v) is 12.8. The molecule has 6 rings (SSSR count). The molecule has 12 heteroatoms. The molecule has 0 aliphatic carbocycles. The van der Waals surface area contributed by atoms with E-state index in [9.17, 15) is 19.2 Å². The monoisotopic (exact) mass is 725 g/mol. The SMILES string of the molecule is COc1ccc(/C=C(/NC(=O)c2ccccc2)C(=O)Nc2cccc(SC(C(=O)NC3=NN(c4ccccc4)C(=O)C3)c3ccccc3)c2)c(OC)c1. The molecule has 3 N–H and O–H groups in total.